The highest BCUT2D eigenvalue weighted by molar-refractivity contribution is 9.10. The minimum Gasteiger partial charge on any atom is -0.465 e. The number of rotatable bonds is 4. The smallest absolute Gasteiger partial charge is 0.404 e. The summed E-state index contributed by atoms with van der Waals surface area (Å²) in [5.74, 6) is -1.08. The number of hydrogen-bond donors (Lipinski definition) is 4. The molecule has 4 rings (SSSR count). The van der Waals surface area contributed by atoms with Crippen molar-refractivity contribution in [1.82, 2.24) is 15.3 Å². The Bertz CT molecular complexity index is 1000. The van der Waals surface area contributed by atoms with Crippen molar-refractivity contribution < 1.29 is 27.9 Å². The van der Waals surface area contributed by atoms with E-state index in [1.165, 1.54) is 6.20 Å². The van der Waals surface area contributed by atoms with Crippen LogP contribution in [0.25, 0.3) is 11.0 Å². The molecule has 8 nitrogen and oxygen atoms in total. The molecule has 1 aliphatic heterocycles. The van der Waals surface area contributed by atoms with E-state index in [1.54, 1.807) is 6.20 Å². The van der Waals surface area contributed by atoms with Gasteiger partial charge in [0.25, 0.3) is 0 Å². The fraction of sp³-hybridized carbons (Fsp3) is 0.500. The van der Waals surface area contributed by atoms with Crippen molar-refractivity contribution in [3.63, 3.8) is 0 Å². The highest BCUT2D eigenvalue weighted by Gasteiger charge is 2.68. The zero-order valence-electron chi connectivity index (χ0n) is 15.6. The molecule has 1 atom stereocenters. The number of amides is 2. The Morgan fingerprint density at radius 2 is 2.10 bits per heavy atom. The monoisotopic (exact) mass is 489 g/mol. The first-order chi connectivity index (χ1) is 14.1. The maximum atomic E-state index is 13.3. The van der Waals surface area contributed by atoms with E-state index in [0.717, 1.165) is 6.42 Å². The van der Waals surface area contributed by atoms with Crippen molar-refractivity contribution in [3.05, 3.63) is 16.9 Å². The van der Waals surface area contributed by atoms with Gasteiger partial charge in [0.1, 0.15) is 11.1 Å². The summed E-state index contributed by atoms with van der Waals surface area (Å²) in [5, 5.41) is 14.4. The Morgan fingerprint density at radius 3 is 2.73 bits per heavy atom. The van der Waals surface area contributed by atoms with Gasteiger partial charge in [-0.25, -0.2) is 9.78 Å². The third kappa shape index (κ3) is 3.57. The van der Waals surface area contributed by atoms with E-state index in [1.807, 2.05) is 4.90 Å². The second-order valence-corrected chi connectivity index (χ2v) is 8.50. The fourth-order valence-electron chi connectivity index (χ4n) is 3.94. The normalized spacial score (nSPS) is 20.8. The number of carboxylic acid groups (broad SMARTS) is 1. The summed E-state index contributed by atoms with van der Waals surface area (Å²) in [6.45, 7) is 1.01. The van der Waals surface area contributed by atoms with Crippen molar-refractivity contribution in [3.8, 4) is 0 Å². The number of fused-ring (bicyclic) bond motifs is 1. The van der Waals surface area contributed by atoms with Crippen LogP contribution in [0.2, 0.25) is 0 Å². The molecule has 2 aliphatic rings. The molecule has 1 unspecified atom stereocenters. The van der Waals surface area contributed by atoms with Gasteiger partial charge in [0, 0.05) is 31.5 Å². The zero-order chi connectivity index (χ0) is 21.7. The summed E-state index contributed by atoms with van der Waals surface area (Å²) in [6.07, 6.45) is -1.78. The number of hydrogen-bond acceptors (Lipinski definition) is 4. The van der Waals surface area contributed by atoms with Crippen LogP contribution in [0, 0.1) is 5.41 Å². The van der Waals surface area contributed by atoms with Gasteiger partial charge >= 0.3 is 12.3 Å². The van der Waals surface area contributed by atoms with E-state index in [4.69, 9.17) is 5.11 Å². The van der Waals surface area contributed by atoms with Gasteiger partial charge in [-0.05, 0) is 41.6 Å². The Morgan fingerprint density at radius 1 is 1.37 bits per heavy atom. The van der Waals surface area contributed by atoms with E-state index in [-0.39, 0.29) is 24.6 Å². The first-order valence-electron chi connectivity index (χ1n) is 9.40. The summed E-state index contributed by atoms with van der Waals surface area (Å²) in [7, 11) is 0. The van der Waals surface area contributed by atoms with Crippen LogP contribution in [0.5, 0.6) is 0 Å². The Hall–Kier alpha value is -2.50. The second-order valence-electron chi connectivity index (χ2n) is 7.65. The zero-order valence-corrected chi connectivity index (χ0v) is 17.2. The summed E-state index contributed by atoms with van der Waals surface area (Å²) in [5.41, 5.74) is -1.07. The molecule has 3 heterocycles. The number of nitrogens with one attached hydrogen (secondary N) is 3. The average molecular weight is 490 g/mol. The predicted octanol–water partition coefficient (Wildman–Crippen LogP) is 3.84. The molecular formula is C18H19BrF3N5O3. The van der Waals surface area contributed by atoms with Crippen LogP contribution in [0.15, 0.2) is 16.9 Å². The van der Waals surface area contributed by atoms with Gasteiger partial charge in [-0.1, -0.05) is 0 Å². The standard InChI is InChI=1S/C18H19BrF3N5O3/c19-10-6-23-14-12(13(10)27-5-1-2-9(8-27)25-16(29)30)11(7-24-14)26-15(28)17(3-4-17)18(20,21)22/h6-7,9,25H,1-5,8H2,(H,23,24)(H,26,28)(H,29,30). The number of aromatic amines is 1. The van der Waals surface area contributed by atoms with Crippen LogP contribution in [-0.2, 0) is 4.79 Å². The second kappa shape index (κ2) is 7.33. The van der Waals surface area contributed by atoms with E-state index in [2.05, 4.69) is 36.5 Å². The lowest BCUT2D eigenvalue weighted by Gasteiger charge is -2.35. The Labute approximate surface area is 177 Å². The van der Waals surface area contributed by atoms with Crippen molar-refractivity contribution >= 4 is 50.3 Å². The summed E-state index contributed by atoms with van der Waals surface area (Å²) >= 11 is 3.44. The molecule has 1 saturated carbocycles. The van der Waals surface area contributed by atoms with Crippen LogP contribution in [0.4, 0.5) is 29.3 Å². The number of H-pyrrole nitrogens is 1. The number of anilines is 2. The molecule has 2 fully saturated rings. The Kier molecular flexibility index (Phi) is 5.07. The number of aromatic nitrogens is 2. The minimum absolute atomic E-state index is 0.211. The summed E-state index contributed by atoms with van der Waals surface area (Å²) in [4.78, 5) is 32.6. The maximum Gasteiger partial charge on any atom is 0.404 e. The van der Waals surface area contributed by atoms with Gasteiger partial charge < -0.3 is 25.6 Å². The molecule has 4 N–H and O–H groups in total. The molecule has 0 radical (unpaired) electrons. The number of pyridine rings is 1. The third-order valence-electron chi connectivity index (χ3n) is 5.67. The molecule has 30 heavy (non-hydrogen) atoms. The SMILES string of the molecule is O=C(O)NC1CCCN(c2c(Br)cnc3[nH]cc(NC(=O)C4(C(F)(F)F)CC4)c23)C1. The molecule has 12 heteroatoms. The van der Waals surface area contributed by atoms with Gasteiger partial charge in [-0.3, -0.25) is 4.79 Å². The van der Waals surface area contributed by atoms with Crippen LogP contribution in [-0.4, -0.2) is 52.4 Å². The van der Waals surface area contributed by atoms with E-state index >= 15 is 0 Å². The Balaban J connectivity index is 1.68. The maximum absolute atomic E-state index is 13.3. The first-order valence-corrected chi connectivity index (χ1v) is 10.2. The number of carbonyl (C=O) groups excluding carboxylic acids is 1. The number of halogens is 4. The predicted molar refractivity (Wildman–Crippen MR) is 107 cm³/mol. The number of nitrogens with zero attached hydrogens (tertiary/aromatic N) is 2. The highest BCUT2D eigenvalue weighted by atomic mass is 79.9. The minimum atomic E-state index is -4.60. The van der Waals surface area contributed by atoms with Gasteiger partial charge in [0.2, 0.25) is 5.91 Å². The van der Waals surface area contributed by atoms with Crippen molar-refractivity contribution in [2.24, 2.45) is 5.41 Å². The molecule has 1 aliphatic carbocycles. The quantitative estimate of drug-likeness (QED) is 0.521. The summed E-state index contributed by atoms with van der Waals surface area (Å²) < 4.78 is 40.6. The molecule has 162 valence electrons. The number of piperidine rings is 1. The van der Waals surface area contributed by atoms with Crippen LogP contribution in [0.3, 0.4) is 0 Å². The van der Waals surface area contributed by atoms with Crippen molar-refractivity contribution in [1.29, 1.82) is 0 Å². The molecule has 0 bridgehead atoms. The topological polar surface area (TPSA) is 110 Å². The van der Waals surface area contributed by atoms with Crippen LogP contribution < -0.4 is 15.5 Å². The highest BCUT2D eigenvalue weighted by Crippen LogP contribution is 2.58. The lowest BCUT2D eigenvalue weighted by atomic mass is 10.0. The van der Waals surface area contributed by atoms with Crippen LogP contribution in [0.1, 0.15) is 25.7 Å². The van der Waals surface area contributed by atoms with Crippen LogP contribution >= 0.6 is 15.9 Å². The van der Waals surface area contributed by atoms with E-state index in [9.17, 15) is 22.8 Å². The lowest BCUT2D eigenvalue weighted by Crippen LogP contribution is -2.47. The lowest BCUT2D eigenvalue weighted by molar-refractivity contribution is -0.189. The third-order valence-corrected chi connectivity index (χ3v) is 6.25. The van der Waals surface area contributed by atoms with E-state index in [0.29, 0.717) is 40.7 Å². The number of alkyl halides is 3. The molecule has 2 amide bonds. The summed E-state index contributed by atoms with van der Waals surface area (Å²) in [6, 6.07) is -0.289. The molecule has 0 aromatic carbocycles. The number of carbonyl (C=O) groups is 2. The van der Waals surface area contributed by atoms with Crippen molar-refractivity contribution in [2.45, 2.75) is 37.9 Å². The van der Waals surface area contributed by atoms with Crippen molar-refractivity contribution in [2.75, 3.05) is 23.3 Å². The first kappa shape index (κ1) is 20.8. The average Bonchev–Trinajstić information content (AvgIpc) is 3.40. The molecular weight excluding hydrogens is 471 g/mol. The van der Waals surface area contributed by atoms with E-state index < -0.39 is 23.6 Å². The largest absolute Gasteiger partial charge is 0.465 e. The van der Waals surface area contributed by atoms with Gasteiger partial charge in [-0.2, -0.15) is 13.2 Å². The molecule has 1 saturated heterocycles. The molecule has 0 spiro atoms. The van der Waals surface area contributed by atoms with Gasteiger partial charge in [0.15, 0.2) is 0 Å². The van der Waals surface area contributed by atoms with Gasteiger partial charge in [0.05, 0.1) is 21.2 Å². The van der Waals surface area contributed by atoms with Gasteiger partial charge in [-0.15, -0.1) is 0 Å². The molecule has 2 aromatic heterocycles. The fourth-order valence-corrected chi connectivity index (χ4v) is 4.49. The molecule has 2 aromatic rings.